The van der Waals surface area contributed by atoms with Gasteiger partial charge in [0, 0.05) is 5.97 Å². The fraction of sp³-hybridized carbons (Fsp3) is 0.962. The highest BCUT2D eigenvalue weighted by molar-refractivity contribution is 5.64. The highest BCUT2D eigenvalue weighted by atomic mass is 16.4. The van der Waals surface area contributed by atoms with E-state index in [0.29, 0.717) is 47.8 Å². The summed E-state index contributed by atoms with van der Waals surface area (Å²) < 4.78 is 0. The molecule has 0 aromatic heterocycles. The summed E-state index contributed by atoms with van der Waals surface area (Å²) in [6.07, 6.45) is 8.99. The maximum atomic E-state index is 11.7. The van der Waals surface area contributed by atoms with Gasteiger partial charge in [-0.15, -0.1) is 0 Å². The average molecular weight is 420 g/mol. The second-order valence-corrected chi connectivity index (χ2v) is 12.0. The second-order valence-electron chi connectivity index (χ2n) is 12.0. The molecule has 4 fully saturated rings. The zero-order valence-electron chi connectivity index (χ0n) is 19.5. The molecule has 0 aliphatic heterocycles. The molecule has 4 aliphatic carbocycles. The largest absolute Gasteiger partial charge is 0.550 e. The van der Waals surface area contributed by atoms with Gasteiger partial charge in [0.05, 0.1) is 12.2 Å². The van der Waals surface area contributed by atoms with Crippen LogP contribution in [0, 0.1) is 52.3 Å². The van der Waals surface area contributed by atoms with Crippen molar-refractivity contribution in [2.24, 2.45) is 52.3 Å². The zero-order chi connectivity index (χ0) is 21.8. The van der Waals surface area contributed by atoms with Crippen molar-refractivity contribution >= 4 is 5.97 Å². The number of aliphatic hydroxyl groups excluding tert-OH is 2. The van der Waals surface area contributed by atoms with Gasteiger partial charge >= 0.3 is 0 Å². The topological polar surface area (TPSA) is 80.6 Å². The van der Waals surface area contributed by atoms with Gasteiger partial charge in [0.2, 0.25) is 0 Å². The highest BCUT2D eigenvalue weighted by Crippen LogP contribution is 2.69. The van der Waals surface area contributed by atoms with Crippen LogP contribution in [0.1, 0.15) is 91.9 Å². The lowest BCUT2D eigenvalue weighted by Crippen LogP contribution is -2.62. The van der Waals surface area contributed by atoms with Gasteiger partial charge in [0.25, 0.3) is 0 Å². The van der Waals surface area contributed by atoms with Crippen LogP contribution in [0.15, 0.2) is 0 Å². The molecule has 0 spiro atoms. The Morgan fingerprint density at radius 1 is 1.03 bits per heavy atom. The number of fused-ring (bicyclic) bond motifs is 5. The van der Waals surface area contributed by atoms with E-state index in [1.165, 1.54) is 25.7 Å². The van der Waals surface area contributed by atoms with E-state index < -0.39 is 5.97 Å². The standard InChI is InChI=1S/C26H44O4/c1-5-17-21-14-16(27)10-12-26(21,4)20-11-13-25(3)18(15(2)6-9-22(28)29)7-8-19(25)23(20)24(17)30/h15-21,23-24,27,30H,5-14H2,1-4H3,(H,28,29)/p-1/t15-,16-,17-,18-,19?,20?,21+,23?,24+,25-,26-/m1/s1. The molecule has 0 radical (unpaired) electrons. The predicted octanol–water partition coefficient (Wildman–Crippen LogP) is 3.78. The molecular weight excluding hydrogens is 376 g/mol. The van der Waals surface area contributed by atoms with Gasteiger partial charge in [0.15, 0.2) is 0 Å². The van der Waals surface area contributed by atoms with Crippen LogP contribution in [0.2, 0.25) is 0 Å². The fourth-order valence-corrected chi connectivity index (χ4v) is 9.48. The van der Waals surface area contributed by atoms with Crippen LogP contribution < -0.4 is 5.11 Å². The highest BCUT2D eigenvalue weighted by Gasteiger charge is 2.64. The number of carboxylic acid groups (broad SMARTS) is 1. The summed E-state index contributed by atoms with van der Waals surface area (Å²) in [5, 5.41) is 33.1. The van der Waals surface area contributed by atoms with Crippen molar-refractivity contribution in [1.82, 2.24) is 0 Å². The van der Waals surface area contributed by atoms with E-state index >= 15 is 0 Å². The van der Waals surface area contributed by atoms with E-state index in [4.69, 9.17) is 0 Å². The second kappa shape index (κ2) is 8.06. The summed E-state index contributed by atoms with van der Waals surface area (Å²) in [6, 6.07) is 0. The van der Waals surface area contributed by atoms with E-state index in [9.17, 15) is 20.1 Å². The first-order valence-corrected chi connectivity index (χ1v) is 12.7. The number of hydrogen-bond donors (Lipinski definition) is 2. The molecule has 0 aromatic carbocycles. The Morgan fingerprint density at radius 2 is 1.70 bits per heavy atom. The molecule has 2 N–H and O–H groups in total. The summed E-state index contributed by atoms with van der Waals surface area (Å²) in [5.74, 6) is 2.21. The number of rotatable bonds is 5. The molecule has 0 heterocycles. The Morgan fingerprint density at radius 3 is 2.37 bits per heavy atom. The van der Waals surface area contributed by atoms with Crippen molar-refractivity contribution in [2.45, 2.75) is 104 Å². The SMILES string of the molecule is CC[C@H]1[C@H](O)C2C3CC[C@H]([C@H](C)CCC(=O)[O-])[C@@]3(C)CCC2[C@@]2(C)CC[C@@H](O)C[C@@H]12. The predicted molar refractivity (Wildman–Crippen MR) is 115 cm³/mol. The average Bonchev–Trinajstić information content (AvgIpc) is 3.05. The Labute approximate surface area is 182 Å². The van der Waals surface area contributed by atoms with Crippen LogP contribution in [0.5, 0.6) is 0 Å². The van der Waals surface area contributed by atoms with Crippen LogP contribution >= 0.6 is 0 Å². The first-order chi connectivity index (χ1) is 14.1. The van der Waals surface area contributed by atoms with Crippen molar-refractivity contribution in [3.8, 4) is 0 Å². The van der Waals surface area contributed by atoms with E-state index in [2.05, 4.69) is 27.7 Å². The normalized spacial score (nSPS) is 51.5. The van der Waals surface area contributed by atoms with Crippen LogP contribution in [0.25, 0.3) is 0 Å². The molecule has 3 unspecified atom stereocenters. The van der Waals surface area contributed by atoms with Crippen molar-refractivity contribution in [2.75, 3.05) is 0 Å². The van der Waals surface area contributed by atoms with Crippen molar-refractivity contribution in [3.05, 3.63) is 0 Å². The maximum Gasteiger partial charge on any atom is 0.0605 e. The Balaban J connectivity index is 1.61. The Kier molecular flexibility index (Phi) is 6.07. The van der Waals surface area contributed by atoms with E-state index in [1.54, 1.807) is 0 Å². The molecule has 4 aliphatic rings. The van der Waals surface area contributed by atoms with E-state index in [0.717, 1.165) is 25.7 Å². The number of carbonyl (C=O) groups excluding carboxylic acids is 1. The molecule has 0 bridgehead atoms. The zero-order valence-corrected chi connectivity index (χ0v) is 19.5. The third kappa shape index (κ3) is 3.36. The van der Waals surface area contributed by atoms with Gasteiger partial charge in [0.1, 0.15) is 0 Å². The lowest BCUT2D eigenvalue weighted by Gasteiger charge is -2.64. The quantitative estimate of drug-likeness (QED) is 0.711. The molecule has 0 aromatic rings. The van der Waals surface area contributed by atoms with Gasteiger partial charge in [-0.25, -0.2) is 0 Å². The minimum atomic E-state index is -0.933. The van der Waals surface area contributed by atoms with Crippen LogP contribution in [-0.2, 0) is 4.79 Å². The molecule has 4 saturated carbocycles. The minimum absolute atomic E-state index is 0.160. The lowest BCUT2D eigenvalue weighted by atomic mass is 9.41. The number of carbonyl (C=O) groups is 1. The molecule has 0 amide bonds. The van der Waals surface area contributed by atoms with Crippen LogP contribution in [0.3, 0.4) is 0 Å². The van der Waals surface area contributed by atoms with Crippen molar-refractivity contribution in [1.29, 1.82) is 0 Å². The van der Waals surface area contributed by atoms with Gasteiger partial charge < -0.3 is 20.1 Å². The van der Waals surface area contributed by atoms with Gasteiger partial charge in [-0.2, -0.15) is 0 Å². The first kappa shape index (κ1) is 22.6. The lowest BCUT2D eigenvalue weighted by molar-refractivity contribution is -0.306. The molecule has 4 nitrogen and oxygen atoms in total. The van der Waals surface area contributed by atoms with Crippen LogP contribution in [0.4, 0.5) is 0 Å². The van der Waals surface area contributed by atoms with E-state index in [-0.39, 0.29) is 29.5 Å². The summed E-state index contributed by atoms with van der Waals surface area (Å²) in [7, 11) is 0. The van der Waals surface area contributed by atoms with Crippen molar-refractivity contribution < 1.29 is 20.1 Å². The summed E-state index contributed by atoms with van der Waals surface area (Å²) in [6.45, 7) is 9.39. The Bertz CT molecular complexity index is 649. The molecule has 0 saturated heterocycles. The molecule has 30 heavy (non-hydrogen) atoms. The molecular formula is C26H43O4-. The van der Waals surface area contributed by atoms with Gasteiger partial charge in [-0.1, -0.05) is 34.1 Å². The maximum absolute atomic E-state index is 11.7. The van der Waals surface area contributed by atoms with Gasteiger partial charge in [-0.3, -0.25) is 0 Å². The summed E-state index contributed by atoms with van der Waals surface area (Å²) in [4.78, 5) is 11.0. The number of carboxylic acids is 1. The third-order valence-electron chi connectivity index (χ3n) is 11.0. The summed E-state index contributed by atoms with van der Waals surface area (Å²) in [5.41, 5.74) is 0.451. The van der Waals surface area contributed by atoms with Crippen molar-refractivity contribution in [3.63, 3.8) is 0 Å². The first-order valence-electron chi connectivity index (χ1n) is 12.7. The molecule has 172 valence electrons. The molecule has 11 atom stereocenters. The Hall–Kier alpha value is -0.610. The third-order valence-corrected chi connectivity index (χ3v) is 11.0. The fourth-order valence-electron chi connectivity index (χ4n) is 9.48. The number of hydrogen-bond acceptors (Lipinski definition) is 4. The van der Waals surface area contributed by atoms with Crippen LogP contribution in [-0.4, -0.2) is 28.4 Å². The monoisotopic (exact) mass is 419 g/mol. The minimum Gasteiger partial charge on any atom is -0.550 e. The molecule has 4 heteroatoms. The number of aliphatic hydroxyl groups is 2. The smallest absolute Gasteiger partial charge is 0.0605 e. The molecule has 4 rings (SSSR count). The number of aliphatic carboxylic acids is 1. The van der Waals surface area contributed by atoms with E-state index in [1.807, 2.05) is 0 Å². The van der Waals surface area contributed by atoms with Gasteiger partial charge in [-0.05, 0) is 110 Å². The summed E-state index contributed by atoms with van der Waals surface area (Å²) >= 11 is 0.